The standard InChI is InChI=1S/C23H27NO6/c1-14(2)18-6-4-15(3)8-20(18)30-22(25)12-27-23(26)17(11-24)9-16-5-7-19-21(10-16)29-13-28-19/h5,7,9-10,14-15,18,20H,4,6,8,12-13H2,1-3H3/b17-9-/t15-,18+,20+/m1/s1. The van der Waals surface area contributed by atoms with Gasteiger partial charge in [-0.3, -0.25) is 0 Å². The first kappa shape index (κ1) is 21.7. The second-order valence-electron chi connectivity index (χ2n) is 8.21. The number of fused-ring (bicyclic) bond motifs is 1. The first-order valence-corrected chi connectivity index (χ1v) is 10.3. The van der Waals surface area contributed by atoms with Crippen molar-refractivity contribution in [1.29, 1.82) is 5.26 Å². The van der Waals surface area contributed by atoms with E-state index in [1.54, 1.807) is 18.2 Å². The van der Waals surface area contributed by atoms with Gasteiger partial charge in [-0.05, 0) is 54.4 Å². The summed E-state index contributed by atoms with van der Waals surface area (Å²) < 4.78 is 21.2. The van der Waals surface area contributed by atoms with E-state index in [1.165, 1.54) is 6.08 Å². The predicted octanol–water partition coefficient (Wildman–Crippen LogP) is 3.87. The molecule has 1 fully saturated rings. The van der Waals surface area contributed by atoms with E-state index in [4.69, 9.17) is 18.9 Å². The van der Waals surface area contributed by atoms with Crippen molar-refractivity contribution >= 4 is 18.0 Å². The van der Waals surface area contributed by atoms with Crippen LogP contribution in [-0.4, -0.2) is 31.4 Å². The Morgan fingerprint density at radius 3 is 2.77 bits per heavy atom. The number of rotatable bonds is 6. The van der Waals surface area contributed by atoms with Crippen molar-refractivity contribution in [3.63, 3.8) is 0 Å². The van der Waals surface area contributed by atoms with Crippen molar-refractivity contribution in [1.82, 2.24) is 0 Å². The van der Waals surface area contributed by atoms with Crippen LogP contribution in [0, 0.1) is 29.1 Å². The molecule has 0 unspecified atom stereocenters. The van der Waals surface area contributed by atoms with Gasteiger partial charge in [0.25, 0.3) is 0 Å². The molecule has 1 saturated carbocycles. The summed E-state index contributed by atoms with van der Waals surface area (Å²) in [6.07, 6.45) is 4.18. The number of carbonyl (C=O) groups excluding carboxylic acids is 2. The van der Waals surface area contributed by atoms with Crippen molar-refractivity contribution in [2.45, 2.75) is 46.1 Å². The van der Waals surface area contributed by atoms with E-state index in [-0.39, 0.29) is 18.5 Å². The van der Waals surface area contributed by atoms with Gasteiger partial charge in [0, 0.05) is 0 Å². The molecule has 7 heteroatoms. The van der Waals surface area contributed by atoms with Crippen LogP contribution in [0.5, 0.6) is 11.5 Å². The maximum Gasteiger partial charge on any atom is 0.349 e. The molecule has 0 amide bonds. The third-order valence-corrected chi connectivity index (χ3v) is 5.61. The van der Waals surface area contributed by atoms with Gasteiger partial charge in [0.1, 0.15) is 17.7 Å². The smallest absolute Gasteiger partial charge is 0.349 e. The Hall–Kier alpha value is -3.01. The molecule has 0 spiro atoms. The van der Waals surface area contributed by atoms with Gasteiger partial charge in [-0.1, -0.05) is 33.3 Å². The van der Waals surface area contributed by atoms with Crippen LogP contribution in [0.1, 0.15) is 45.6 Å². The monoisotopic (exact) mass is 413 g/mol. The van der Waals surface area contributed by atoms with E-state index in [1.807, 2.05) is 6.07 Å². The molecule has 0 saturated heterocycles. The zero-order chi connectivity index (χ0) is 21.7. The minimum atomic E-state index is -0.871. The van der Waals surface area contributed by atoms with Crippen molar-refractivity contribution < 1.29 is 28.5 Å². The van der Waals surface area contributed by atoms with E-state index in [2.05, 4.69) is 20.8 Å². The zero-order valence-electron chi connectivity index (χ0n) is 17.6. The molecule has 0 radical (unpaired) electrons. The molecule has 3 rings (SSSR count). The summed E-state index contributed by atoms with van der Waals surface area (Å²) in [6.45, 7) is 6.02. The third-order valence-electron chi connectivity index (χ3n) is 5.61. The lowest BCUT2D eigenvalue weighted by molar-refractivity contribution is -0.165. The average Bonchev–Trinajstić information content (AvgIpc) is 3.18. The summed E-state index contributed by atoms with van der Waals surface area (Å²) in [7, 11) is 0. The van der Waals surface area contributed by atoms with Crippen LogP contribution in [0.2, 0.25) is 0 Å². The molecule has 30 heavy (non-hydrogen) atoms. The van der Waals surface area contributed by atoms with Crippen LogP contribution in [0.4, 0.5) is 0 Å². The second-order valence-corrected chi connectivity index (χ2v) is 8.21. The highest BCUT2D eigenvalue weighted by atomic mass is 16.7. The molecule has 0 bridgehead atoms. The van der Waals surface area contributed by atoms with E-state index >= 15 is 0 Å². The van der Waals surface area contributed by atoms with Crippen molar-refractivity contribution in [2.75, 3.05) is 13.4 Å². The molecule has 160 valence electrons. The summed E-state index contributed by atoms with van der Waals surface area (Å²) in [5, 5.41) is 9.31. The van der Waals surface area contributed by atoms with E-state index in [0.717, 1.165) is 19.3 Å². The molecule has 1 aromatic carbocycles. The first-order chi connectivity index (χ1) is 14.4. The largest absolute Gasteiger partial charge is 0.460 e. The lowest BCUT2D eigenvalue weighted by atomic mass is 9.75. The zero-order valence-corrected chi connectivity index (χ0v) is 17.6. The summed E-state index contributed by atoms with van der Waals surface area (Å²) in [5.74, 6) is 0.898. The van der Waals surface area contributed by atoms with Crippen LogP contribution in [0.25, 0.3) is 6.08 Å². The van der Waals surface area contributed by atoms with Gasteiger partial charge in [0.2, 0.25) is 6.79 Å². The quantitative estimate of drug-likeness (QED) is 0.397. The number of benzene rings is 1. The van der Waals surface area contributed by atoms with Gasteiger partial charge in [0.05, 0.1) is 0 Å². The molecule has 1 aliphatic carbocycles. The Kier molecular flexibility index (Phi) is 6.99. The van der Waals surface area contributed by atoms with Crippen LogP contribution in [-0.2, 0) is 19.1 Å². The number of esters is 2. The normalized spacial score (nSPS) is 23.0. The second kappa shape index (κ2) is 9.66. The number of hydrogen-bond acceptors (Lipinski definition) is 7. The van der Waals surface area contributed by atoms with Crippen LogP contribution >= 0.6 is 0 Å². The number of carbonyl (C=O) groups is 2. The van der Waals surface area contributed by atoms with E-state index in [0.29, 0.717) is 34.8 Å². The molecule has 3 atom stereocenters. The van der Waals surface area contributed by atoms with Crippen molar-refractivity contribution in [2.24, 2.45) is 17.8 Å². The molecule has 0 aromatic heterocycles. The maximum absolute atomic E-state index is 12.3. The third kappa shape index (κ3) is 5.32. The van der Waals surface area contributed by atoms with Crippen LogP contribution in [0.15, 0.2) is 23.8 Å². The highest BCUT2D eigenvalue weighted by Crippen LogP contribution is 2.35. The molecular weight excluding hydrogens is 386 g/mol. The fraction of sp³-hybridized carbons (Fsp3) is 0.522. The van der Waals surface area contributed by atoms with Gasteiger partial charge >= 0.3 is 11.9 Å². The predicted molar refractivity (Wildman–Crippen MR) is 108 cm³/mol. The molecule has 1 aliphatic heterocycles. The Morgan fingerprint density at radius 1 is 1.27 bits per heavy atom. The minimum Gasteiger partial charge on any atom is -0.460 e. The van der Waals surface area contributed by atoms with Crippen molar-refractivity contribution in [3.8, 4) is 17.6 Å². The van der Waals surface area contributed by atoms with E-state index in [9.17, 15) is 14.9 Å². The van der Waals surface area contributed by atoms with Crippen LogP contribution in [0.3, 0.4) is 0 Å². The van der Waals surface area contributed by atoms with E-state index < -0.39 is 18.5 Å². The maximum atomic E-state index is 12.3. The Labute approximate surface area is 176 Å². The first-order valence-electron chi connectivity index (χ1n) is 10.3. The number of nitriles is 1. The van der Waals surface area contributed by atoms with Gasteiger partial charge in [0.15, 0.2) is 18.1 Å². The highest BCUT2D eigenvalue weighted by molar-refractivity contribution is 5.98. The van der Waals surface area contributed by atoms with Gasteiger partial charge in [-0.15, -0.1) is 0 Å². The fourth-order valence-electron chi connectivity index (χ4n) is 3.96. The lowest BCUT2D eigenvalue weighted by Gasteiger charge is -2.36. The average molecular weight is 413 g/mol. The molecule has 0 N–H and O–H groups in total. The Bertz CT molecular complexity index is 869. The molecular formula is C23H27NO6. The van der Waals surface area contributed by atoms with Crippen LogP contribution < -0.4 is 9.47 Å². The van der Waals surface area contributed by atoms with Gasteiger partial charge in [-0.2, -0.15) is 5.26 Å². The minimum absolute atomic E-state index is 0.134. The topological polar surface area (TPSA) is 94.9 Å². The number of hydrogen-bond donors (Lipinski definition) is 0. The van der Waals surface area contributed by atoms with Gasteiger partial charge in [-0.25, -0.2) is 9.59 Å². The summed E-state index contributed by atoms with van der Waals surface area (Å²) in [5.41, 5.74) is 0.374. The van der Waals surface area contributed by atoms with Gasteiger partial charge < -0.3 is 18.9 Å². The lowest BCUT2D eigenvalue weighted by Crippen LogP contribution is -2.36. The molecule has 1 heterocycles. The summed E-state index contributed by atoms with van der Waals surface area (Å²) in [6, 6.07) is 6.87. The SMILES string of the molecule is CC(C)[C@@H]1CC[C@@H](C)C[C@@H]1OC(=O)COC(=O)/C(C#N)=C\c1ccc2c(c1)OCO2. The molecule has 7 nitrogen and oxygen atoms in total. The fourth-order valence-corrected chi connectivity index (χ4v) is 3.96. The Morgan fingerprint density at radius 2 is 2.03 bits per heavy atom. The Balaban J connectivity index is 1.57. The molecule has 2 aliphatic rings. The number of ether oxygens (including phenoxy) is 4. The highest BCUT2D eigenvalue weighted by Gasteiger charge is 2.33. The number of nitrogens with zero attached hydrogens (tertiary/aromatic N) is 1. The van der Waals surface area contributed by atoms with Crippen molar-refractivity contribution in [3.05, 3.63) is 29.3 Å². The summed E-state index contributed by atoms with van der Waals surface area (Å²) in [4.78, 5) is 24.5. The molecule has 1 aromatic rings. The summed E-state index contributed by atoms with van der Waals surface area (Å²) >= 11 is 0.